The van der Waals surface area contributed by atoms with Gasteiger partial charge in [-0.3, -0.25) is 14.6 Å². The zero-order valence-corrected chi connectivity index (χ0v) is 26.3. The van der Waals surface area contributed by atoms with Crippen LogP contribution in [0, 0.1) is 12.7 Å². The van der Waals surface area contributed by atoms with E-state index < -0.39 is 11.9 Å². The second-order valence-electron chi connectivity index (χ2n) is 10.4. The summed E-state index contributed by atoms with van der Waals surface area (Å²) in [6.07, 6.45) is 2.62. The van der Waals surface area contributed by atoms with Crippen LogP contribution in [0.3, 0.4) is 0 Å². The van der Waals surface area contributed by atoms with Crippen molar-refractivity contribution in [2.75, 3.05) is 18.0 Å². The molecule has 0 bridgehead atoms. The van der Waals surface area contributed by atoms with Gasteiger partial charge in [0.15, 0.2) is 5.96 Å². The Hall–Kier alpha value is -4.48. The Kier molecular flexibility index (Phi) is 11.9. The molecule has 2 amide bonds. The largest absolute Gasteiger partial charge is 0.370 e. The SMILES string of the molecule is Cc1nc(C(=O)NC(CCCCN=C(N)N)C(=O)N(CCCc2cccc(F)c2)c2ccccc2)nn1-c1cc(Cl)cc(Cl)c1. The van der Waals surface area contributed by atoms with Crippen LogP contribution in [0.5, 0.6) is 0 Å². The molecule has 1 unspecified atom stereocenters. The van der Waals surface area contributed by atoms with Gasteiger partial charge in [-0.05, 0) is 87.1 Å². The molecule has 1 aromatic heterocycles. The lowest BCUT2D eigenvalue weighted by Crippen LogP contribution is -2.49. The van der Waals surface area contributed by atoms with E-state index in [1.54, 1.807) is 36.1 Å². The van der Waals surface area contributed by atoms with Gasteiger partial charge in [-0.25, -0.2) is 14.1 Å². The maximum absolute atomic E-state index is 14.2. The first kappa shape index (κ1) is 33.4. The van der Waals surface area contributed by atoms with Crippen molar-refractivity contribution in [2.45, 2.75) is 45.1 Å². The van der Waals surface area contributed by atoms with Gasteiger partial charge >= 0.3 is 0 Å². The molecule has 0 aliphatic rings. The van der Waals surface area contributed by atoms with E-state index in [9.17, 15) is 14.0 Å². The number of aromatic nitrogens is 3. The molecule has 0 fully saturated rings. The Morgan fingerprint density at radius 2 is 1.73 bits per heavy atom. The van der Waals surface area contributed by atoms with Crippen LogP contribution in [0.15, 0.2) is 77.8 Å². The summed E-state index contributed by atoms with van der Waals surface area (Å²) in [6.45, 7) is 2.43. The molecule has 1 heterocycles. The molecule has 0 aliphatic heterocycles. The number of anilines is 1. The van der Waals surface area contributed by atoms with E-state index in [1.165, 1.54) is 16.8 Å². The van der Waals surface area contributed by atoms with Crippen molar-refractivity contribution >= 4 is 46.7 Å². The number of benzene rings is 3. The van der Waals surface area contributed by atoms with Crippen molar-refractivity contribution < 1.29 is 14.0 Å². The molecule has 10 nitrogen and oxygen atoms in total. The molecule has 5 N–H and O–H groups in total. The number of rotatable bonds is 14. The smallest absolute Gasteiger partial charge is 0.291 e. The third-order valence-corrected chi connectivity index (χ3v) is 7.37. The number of halogens is 3. The van der Waals surface area contributed by atoms with Gasteiger partial charge < -0.3 is 21.7 Å². The van der Waals surface area contributed by atoms with Gasteiger partial charge in [0.2, 0.25) is 11.7 Å². The topological polar surface area (TPSA) is 145 Å². The monoisotopic (exact) mass is 652 g/mol. The quantitative estimate of drug-likeness (QED) is 0.0966. The molecule has 45 heavy (non-hydrogen) atoms. The van der Waals surface area contributed by atoms with E-state index in [0.29, 0.717) is 72.4 Å². The Morgan fingerprint density at radius 1 is 1.00 bits per heavy atom. The number of para-hydroxylation sites is 1. The fourth-order valence-corrected chi connectivity index (χ4v) is 5.35. The summed E-state index contributed by atoms with van der Waals surface area (Å²) in [5.41, 5.74) is 12.9. The number of aryl methyl sites for hydroxylation is 2. The van der Waals surface area contributed by atoms with Crippen LogP contribution in [-0.2, 0) is 11.2 Å². The summed E-state index contributed by atoms with van der Waals surface area (Å²) < 4.78 is 15.2. The van der Waals surface area contributed by atoms with Gasteiger partial charge in [0.05, 0.1) is 5.69 Å². The van der Waals surface area contributed by atoms with Crippen LogP contribution in [0.2, 0.25) is 10.0 Å². The summed E-state index contributed by atoms with van der Waals surface area (Å²) in [5.74, 6) is -0.908. The fraction of sp³-hybridized carbons (Fsp3) is 0.281. The highest BCUT2D eigenvalue weighted by Gasteiger charge is 2.28. The predicted molar refractivity (Wildman–Crippen MR) is 175 cm³/mol. The molecule has 13 heteroatoms. The Balaban J connectivity index is 1.56. The number of hydrogen-bond donors (Lipinski definition) is 3. The average molecular weight is 654 g/mol. The number of nitrogens with zero attached hydrogens (tertiary/aromatic N) is 5. The highest BCUT2D eigenvalue weighted by molar-refractivity contribution is 6.34. The van der Waals surface area contributed by atoms with Crippen molar-refractivity contribution in [3.63, 3.8) is 0 Å². The van der Waals surface area contributed by atoms with Crippen molar-refractivity contribution in [3.05, 3.63) is 106 Å². The molecule has 0 radical (unpaired) electrons. The Bertz CT molecular complexity index is 1620. The summed E-state index contributed by atoms with van der Waals surface area (Å²) in [4.78, 5) is 37.6. The molecule has 0 spiro atoms. The summed E-state index contributed by atoms with van der Waals surface area (Å²) >= 11 is 12.3. The van der Waals surface area contributed by atoms with Crippen LogP contribution in [-0.4, -0.2) is 51.7 Å². The van der Waals surface area contributed by atoms with Crippen molar-refractivity contribution in [1.29, 1.82) is 0 Å². The lowest BCUT2D eigenvalue weighted by atomic mass is 10.1. The van der Waals surface area contributed by atoms with E-state index in [4.69, 9.17) is 34.7 Å². The molecule has 3 aromatic carbocycles. The lowest BCUT2D eigenvalue weighted by Gasteiger charge is -2.28. The molecule has 4 aromatic rings. The molecule has 1 atom stereocenters. The molecule has 0 aliphatic carbocycles. The Labute approximate surface area is 271 Å². The van der Waals surface area contributed by atoms with Crippen molar-refractivity contribution in [2.24, 2.45) is 16.5 Å². The standard InChI is InChI=1S/C32H35Cl2FN8O2/c1-21-39-29(41-43(21)27-19-23(33)18-24(34)20-27)30(44)40-28(14-5-6-15-38-32(36)37)31(45)42(26-12-3-2-4-13-26)16-8-10-22-9-7-11-25(35)17-22/h2-4,7,9,11-13,17-20,28H,5-6,8,10,14-16H2,1H3,(H,40,44)(H4,36,37,38). The Morgan fingerprint density at radius 3 is 2.42 bits per heavy atom. The third-order valence-electron chi connectivity index (χ3n) is 6.93. The molecular formula is C32H35Cl2FN8O2. The van der Waals surface area contributed by atoms with Crippen LogP contribution in [0.25, 0.3) is 5.69 Å². The fourth-order valence-electron chi connectivity index (χ4n) is 4.84. The van der Waals surface area contributed by atoms with Gasteiger partial charge in [-0.15, -0.1) is 5.10 Å². The zero-order valence-electron chi connectivity index (χ0n) is 24.8. The van der Waals surface area contributed by atoms with Gasteiger partial charge in [-0.2, -0.15) is 0 Å². The number of guanidine groups is 1. The third kappa shape index (κ3) is 9.75. The highest BCUT2D eigenvalue weighted by atomic mass is 35.5. The number of aliphatic imine (C=N–C) groups is 1. The molecule has 4 rings (SSSR count). The van der Waals surface area contributed by atoms with Gasteiger partial charge in [0, 0.05) is 28.8 Å². The first-order valence-corrected chi connectivity index (χ1v) is 15.2. The number of carbonyl (C=O) groups is 2. The van der Waals surface area contributed by atoms with Crippen LogP contribution >= 0.6 is 23.2 Å². The molecule has 0 saturated heterocycles. The number of hydrogen-bond acceptors (Lipinski definition) is 5. The zero-order chi connectivity index (χ0) is 32.3. The van der Waals surface area contributed by atoms with E-state index >= 15 is 0 Å². The average Bonchev–Trinajstić information content (AvgIpc) is 3.40. The number of nitrogens with one attached hydrogen (secondary N) is 1. The van der Waals surface area contributed by atoms with Crippen LogP contribution in [0.4, 0.5) is 10.1 Å². The first-order valence-electron chi connectivity index (χ1n) is 14.5. The summed E-state index contributed by atoms with van der Waals surface area (Å²) in [7, 11) is 0. The number of nitrogens with two attached hydrogens (primary N) is 2. The van der Waals surface area contributed by atoms with Crippen LogP contribution in [0.1, 0.15) is 47.7 Å². The van der Waals surface area contributed by atoms with Crippen molar-refractivity contribution in [3.8, 4) is 5.69 Å². The second-order valence-corrected chi connectivity index (χ2v) is 11.3. The van der Waals surface area contributed by atoms with E-state index in [1.807, 2.05) is 36.4 Å². The number of amides is 2. The highest BCUT2D eigenvalue weighted by Crippen LogP contribution is 2.23. The van der Waals surface area contributed by atoms with Gasteiger partial charge in [0.25, 0.3) is 5.91 Å². The maximum atomic E-state index is 14.2. The van der Waals surface area contributed by atoms with Crippen molar-refractivity contribution in [1.82, 2.24) is 20.1 Å². The van der Waals surface area contributed by atoms with Gasteiger partial charge in [-0.1, -0.05) is 53.5 Å². The first-order chi connectivity index (χ1) is 21.6. The number of carbonyl (C=O) groups excluding carboxylic acids is 2. The normalized spacial score (nSPS) is 11.6. The summed E-state index contributed by atoms with van der Waals surface area (Å²) in [6, 6.07) is 19.6. The predicted octanol–water partition coefficient (Wildman–Crippen LogP) is 5.23. The maximum Gasteiger partial charge on any atom is 0.291 e. The lowest BCUT2D eigenvalue weighted by molar-refractivity contribution is -0.120. The van der Waals surface area contributed by atoms with E-state index in [-0.39, 0.29) is 23.5 Å². The minimum absolute atomic E-state index is 0.0116. The second kappa shape index (κ2) is 16.0. The minimum Gasteiger partial charge on any atom is -0.370 e. The number of unbranched alkanes of at least 4 members (excludes halogenated alkanes) is 1. The molecular weight excluding hydrogens is 618 g/mol. The van der Waals surface area contributed by atoms with Gasteiger partial charge in [0.1, 0.15) is 17.7 Å². The molecule has 0 saturated carbocycles. The summed E-state index contributed by atoms with van der Waals surface area (Å²) in [5, 5.41) is 8.04. The van der Waals surface area contributed by atoms with E-state index in [2.05, 4.69) is 20.4 Å². The molecule has 236 valence electrons. The van der Waals surface area contributed by atoms with Crippen LogP contribution < -0.4 is 21.7 Å². The van der Waals surface area contributed by atoms with E-state index in [0.717, 1.165) is 5.56 Å². The minimum atomic E-state index is -0.904.